The molecule has 0 aromatic heterocycles. The molecule has 21 heavy (non-hydrogen) atoms. The van der Waals surface area contributed by atoms with Gasteiger partial charge in [0.2, 0.25) is 0 Å². The van der Waals surface area contributed by atoms with Gasteiger partial charge in [0.15, 0.2) is 0 Å². The maximum Gasteiger partial charge on any atom is 0.0488 e. The van der Waals surface area contributed by atoms with Crippen molar-refractivity contribution in [2.45, 2.75) is 46.6 Å². The van der Waals surface area contributed by atoms with Gasteiger partial charge in [0.1, 0.15) is 0 Å². The molecule has 1 rings (SSSR count). The van der Waals surface area contributed by atoms with Crippen LogP contribution in [0.25, 0.3) is 0 Å². The third-order valence-corrected chi connectivity index (χ3v) is 3.63. The predicted molar refractivity (Wildman–Crippen MR) is 92.1 cm³/mol. The second-order valence-corrected chi connectivity index (χ2v) is 6.95. The van der Waals surface area contributed by atoms with E-state index in [0.29, 0.717) is 17.9 Å². The third-order valence-electron chi connectivity index (χ3n) is 3.37. The Hall–Kier alpha value is -0.570. The van der Waals surface area contributed by atoms with Crippen molar-refractivity contribution < 1.29 is 4.74 Å². The lowest BCUT2D eigenvalue weighted by atomic mass is 9.96. The third kappa shape index (κ3) is 9.13. The highest BCUT2D eigenvalue weighted by atomic mass is 35.5. The lowest BCUT2D eigenvalue weighted by Crippen LogP contribution is -2.30. The summed E-state index contributed by atoms with van der Waals surface area (Å²) in [5.41, 5.74) is 1.35. The number of hydrogen-bond acceptors (Lipinski definition) is 2. The van der Waals surface area contributed by atoms with Crippen LogP contribution in [0.3, 0.4) is 0 Å². The normalized spacial score (nSPS) is 13.1. The van der Waals surface area contributed by atoms with Crippen LogP contribution >= 0.6 is 11.6 Å². The van der Waals surface area contributed by atoms with Gasteiger partial charge in [-0.15, -0.1) is 0 Å². The summed E-state index contributed by atoms with van der Waals surface area (Å²) in [7, 11) is 0. The van der Waals surface area contributed by atoms with E-state index in [1.165, 1.54) is 5.56 Å². The monoisotopic (exact) mass is 311 g/mol. The van der Waals surface area contributed by atoms with Gasteiger partial charge in [0, 0.05) is 24.3 Å². The zero-order valence-electron chi connectivity index (χ0n) is 13.9. The Balaban J connectivity index is 2.45. The van der Waals surface area contributed by atoms with Gasteiger partial charge in [-0.05, 0) is 48.9 Å². The minimum atomic E-state index is 0.523. The predicted octanol–water partition coefficient (Wildman–Crippen LogP) is 4.56. The zero-order valence-corrected chi connectivity index (χ0v) is 14.6. The van der Waals surface area contributed by atoms with Crippen LogP contribution in [0.4, 0.5) is 0 Å². The Bertz CT molecular complexity index is 375. The molecule has 1 N–H and O–H groups in total. The topological polar surface area (TPSA) is 21.3 Å². The van der Waals surface area contributed by atoms with Crippen LogP contribution in [0.5, 0.6) is 0 Å². The summed E-state index contributed by atoms with van der Waals surface area (Å²) in [6.07, 6.45) is 2.16. The van der Waals surface area contributed by atoms with Crippen LogP contribution in [0, 0.1) is 11.8 Å². The highest BCUT2D eigenvalue weighted by molar-refractivity contribution is 6.30. The molecule has 2 nitrogen and oxygen atoms in total. The van der Waals surface area contributed by atoms with E-state index >= 15 is 0 Å². The van der Waals surface area contributed by atoms with Crippen molar-refractivity contribution in [3.63, 3.8) is 0 Å². The summed E-state index contributed by atoms with van der Waals surface area (Å²) in [5, 5.41) is 4.35. The van der Waals surface area contributed by atoms with Crippen molar-refractivity contribution >= 4 is 11.6 Å². The van der Waals surface area contributed by atoms with Gasteiger partial charge in [-0.1, -0.05) is 51.4 Å². The largest absolute Gasteiger partial charge is 0.381 e. The minimum absolute atomic E-state index is 0.523. The molecule has 120 valence electrons. The average molecular weight is 312 g/mol. The molecule has 0 aliphatic carbocycles. The minimum Gasteiger partial charge on any atom is -0.381 e. The summed E-state index contributed by atoms with van der Waals surface area (Å²) in [6, 6.07) is 8.71. The van der Waals surface area contributed by atoms with E-state index in [4.69, 9.17) is 16.3 Å². The zero-order chi connectivity index (χ0) is 15.7. The molecule has 1 atom stereocenters. The molecule has 0 bridgehead atoms. The lowest BCUT2D eigenvalue weighted by molar-refractivity contribution is 0.0973. The summed E-state index contributed by atoms with van der Waals surface area (Å²) in [5.74, 6) is 1.20. The highest BCUT2D eigenvalue weighted by Crippen LogP contribution is 2.15. The summed E-state index contributed by atoms with van der Waals surface area (Å²) in [6.45, 7) is 11.5. The van der Waals surface area contributed by atoms with Crippen molar-refractivity contribution in [1.29, 1.82) is 0 Å². The van der Waals surface area contributed by atoms with E-state index < -0.39 is 0 Å². The van der Waals surface area contributed by atoms with Crippen LogP contribution < -0.4 is 5.32 Å². The Morgan fingerprint density at radius 2 is 1.76 bits per heavy atom. The maximum atomic E-state index is 5.95. The second kappa shape index (κ2) is 10.2. The molecule has 0 fully saturated rings. The van der Waals surface area contributed by atoms with Crippen molar-refractivity contribution in [2.75, 3.05) is 19.8 Å². The number of hydrogen-bond donors (Lipinski definition) is 1. The van der Waals surface area contributed by atoms with Gasteiger partial charge < -0.3 is 10.1 Å². The highest BCUT2D eigenvalue weighted by Gasteiger charge is 2.11. The van der Waals surface area contributed by atoms with E-state index in [0.717, 1.165) is 37.6 Å². The first kappa shape index (κ1) is 18.5. The van der Waals surface area contributed by atoms with Crippen molar-refractivity contribution in [1.82, 2.24) is 5.32 Å². The van der Waals surface area contributed by atoms with Crippen LogP contribution in [-0.4, -0.2) is 25.8 Å². The Kier molecular flexibility index (Phi) is 8.98. The van der Waals surface area contributed by atoms with Crippen molar-refractivity contribution in [3.05, 3.63) is 34.9 Å². The fourth-order valence-corrected chi connectivity index (χ4v) is 2.33. The van der Waals surface area contributed by atoms with Gasteiger partial charge >= 0.3 is 0 Å². The number of ether oxygens (including phenoxy) is 1. The van der Waals surface area contributed by atoms with Gasteiger partial charge in [0.25, 0.3) is 0 Å². The molecule has 0 spiro atoms. The van der Waals surface area contributed by atoms with Gasteiger partial charge in [-0.25, -0.2) is 0 Å². The molecule has 0 aliphatic heterocycles. The summed E-state index contributed by atoms with van der Waals surface area (Å²) >= 11 is 5.95. The fraction of sp³-hybridized carbons (Fsp3) is 0.667. The SMILES string of the molecule is CC(C)COCCC(CNC(C)C)Cc1ccc(Cl)cc1. The molecular weight excluding hydrogens is 282 g/mol. The smallest absolute Gasteiger partial charge is 0.0488 e. The van der Waals surface area contributed by atoms with E-state index in [-0.39, 0.29) is 0 Å². The maximum absolute atomic E-state index is 5.95. The molecule has 1 aromatic rings. The van der Waals surface area contributed by atoms with E-state index in [1.54, 1.807) is 0 Å². The van der Waals surface area contributed by atoms with E-state index in [2.05, 4.69) is 45.1 Å². The van der Waals surface area contributed by atoms with E-state index in [9.17, 15) is 0 Å². The van der Waals surface area contributed by atoms with Gasteiger partial charge in [-0.2, -0.15) is 0 Å². The number of benzene rings is 1. The van der Waals surface area contributed by atoms with Crippen LogP contribution in [0.2, 0.25) is 5.02 Å². The van der Waals surface area contributed by atoms with Gasteiger partial charge in [0.05, 0.1) is 0 Å². The molecule has 0 saturated carbocycles. The van der Waals surface area contributed by atoms with E-state index in [1.807, 2.05) is 12.1 Å². The second-order valence-electron chi connectivity index (χ2n) is 6.52. The quantitative estimate of drug-likeness (QED) is 0.640. The van der Waals surface area contributed by atoms with Crippen LogP contribution in [-0.2, 0) is 11.2 Å². The Morgan fingerprint density at radius 3 is 2.33 bits per heavy atom. The molecule has 0 saturated heterocycles. The van der Waals surface area contributed by atoms with Crippen LogP contribution in [0.1, 0.15) is 39.7 Å². The fourth-order valence-electron chi connectivity index (χ4n) is 2.20. The Morgan fingerprint density at radius 1 is 1.10 bits per heavy atom. The lowest BCUT2D eigenvalue weighted by Gasteiger charge is -2.20. The molecule has 0 radical (unpaired) electrons. The molecular formula is C18H30ClNO. The first-order chi connectivity index (χ1) is 9.97. The Labute approximate surface area is 135 Å². The van der Waals surface area contributed by atoms with Crippen LogP contribution in [0.15, 0.2) is 24.3 Å². The summed E-state index contributed by atoms with van der Waals surface area (Å²) < 4.78 is 5.74. The number of rotatable bonds is 10. The van der Waals surface area contributed by atoms with Crippen molar-refractivity contribution in [3.8, 4) is 0 Å². The first-order valence-electron chi connectivity index (χ1n) is 8.03. The summed E-state index contributed by atoms with van der Waals surface area (Å²) in [4.78, 5) is 0. The molecule has 3 heteroatoms. The van der Waals surface area contributed by atoms with Crippen molar-refractivity contribution in [2.24, 2.45) is 11.8 Å². The molecule has 0 aliphatic rings. The first-order valence-corrected chi connectivity index (χ1v) is 8.40. The number of nitrogens with one attached hydrogen (secondary N) is 1. The number of halogens is 1. The molecule has 1 aromatic carbocycles. The average Bonchev–Trinajstić information content (AvgIpc) is 2.42. The molecule has 0 heterocycles. The standard InChI is InChI=1S/C18H30ClNO/c1-14(2)13-21-10-9-17(12-20-15(3)4)11-16-5-7-18(19)8-6-16/h5-8,14-15,17,20H,9-13H2,1-4H3. The molecule has 1 unspecified atom stereocenters. The molecule has 0 amide bonds. The van der Waals surface area contributed by atoms with Gasteiger partial charge in [-0.3, -0.25) is 0 Å².